The molecule has 0 aliphatic carbocycles. The third-order valence-electron chi connectivity index (χ3n) is 3.52. The minimum atomic E-state index is -3.69. The number of hydrogen-bond acceptors (Lipinski definition) is 5. The number of pyridine rings is 1. The Morgan fingerprint density at radius 1 is 1.24 bits per heavy atom. The first-order valence-corrected chi connectivity index (χ1v) is 9.19. The van der Waals surface area contributed by atoms with Crippen LogP contribution in [0.1, 0.15) is 21.6 Å². The van der Waals surface area contributed by atoms with Crippen LogP contribution in [-0.2, 0) is 21.3 Å². The van der Waals surface area contributed by atoms with Gasteiger partial charge in [-0.2, -0.15) is 0 Å². The van der Waals surface area contributed by atoms with Gasteiger partial charge in [0, 0.05) is 25.4 Å². The maximum absolute atomic E-state index is 12.4. The normalized spacial score (nSPS) is 11.3. The summed E-state index contributed by atoms with van der Waals surface area (Å²) < 4.78 is 31.8. The number of rotatable bonds is 8. The smallest absolute Gasteiger partial charge is 0.251 e. The Hall–Kier alpha value is -2.29. The van der Waals surface area contributed by atoms with E-state index in [4.69, 9.17) is 4.74 Å². The summed E-state index contributed by atoms with van der Waals surface area (Å²) in [5.74, 6) is -0.350. The zero-order chi connectivity index (χ0) is 18.3. The SMILES string of the molecule is COCCNS(=O)(=O)c1ccc(C)c(C(=O)NCc2ccccn2)c1. The van der Waals surface area contributed by atoms with Crippen LogP contribution < -0.4 is 10.0 Å². The first-order chi connectivity index (χ1) is 11.9. The molecule has 0 aliphatic rings. The molecule has 0 saturated carbocycles. The molecule has 0 unspecified atom stereocenters. The van der Waals surface area contributed by atoms with Crippen LogP contribution in [0.5, 0.6) is 0 Å². The molecule has 1 aromatic heterocycles. The van der Waals surface area contributed by atoms with E-state index in [9.17, 15) is 13.2 Å². The third-order valence-corrected chi connectivity index (χ3v) is 4.98. The van der Waals surface area contributed by atoms with Crippen molar-refractivity contribution in [2.75, 3.05) is 20.3 Å². The van der Waals surface area contributed by atoms with Crippen LogP contribution in [0.25, 0.3) is 0 Å². The highest BCUT2D eigenvalue weighted by Crippen LogP contribution is 2.16. The molecule has 7 nitrogen and oxygen atoms in total. The summed E-state index contributed by atoms with van der Waals surface area (Å²) in [6, 6.07) is 9.88. The van der Waals surface area contributed by atoms with E-state index in [1.807, 2.05) is 6.07 Å². The molecule has 1 amide bonds. The number of carbonyl (C=O) groups excluding carboxylic acids is 1. The predicted molar refractivity (Wildman–Crippen MR) is 93.7 cm³/mol. The number of benzene rings is 1. The van der Waals surface area contributed by atoms with E-state index in [0.29, 0.717) is 11.1 Å². The van der Waals surface area contributed by atoms with E-state index in [1.165, 1.54) is 19.2 Å². The molecule has 0 fully saturated rings. The fourth-order valence-electron chi connectivity index (χ4n) is 2.14. The maximum atomic E-state index is 12.4. The molecule has 1 aromatic carbocycles. The van der Waals surface area contributed by atoms with Crippen LogP contribution in [0.4, 0.5) is 0 Å². The number of carbonyl (C=O) groups is 1. The van der Waals surface area contributed by atoms with Gasteiger partial charge in [0.05, 0.1) is 23.7 Å². The number of amides is 1. The third kappa shape index (κ3) is 5.35. The number of ether oxygens (including phenoxy) is 1. The zero-order valence-corrected chi connectivity index (χ0v) is 15.0. The second kappa shape index (κ2) is 8.70. The molecule has 0 radical (unpaired) electrons. The lowest BCUT2D eigenvalue weighted by Gasteiger charge is -2.11. The predicted octanol–water partition coefficient (Wildman–Crippen LogP) is 1.24. The highest BCUT2D eigenvalue weighted by Gasteiger charge is 2.17. The van der Waals surface area contributed by atoms with Crippen LogP contribution in [0.15, 0.2) is 47.5 Å². The Balaban J connectivity index is 2.13. The number of nitrogens with zero attached hydrogens (tertiary/aromatic N) is 1. The fourth-order valence-corrected chi connectivity index (χ4v) is 3.18. The van der Waals surface area contributed by atoms with E-state index in [-0.39, 0.29) is 30.5 Å². The summed E-state index contributed by atoms with van der Waals surface area (Å²) in [7, 11) is -2.20. The summed E-state index contributed by atoms with van der Waals surface area (Å²) in [6.07, 6.45) is 1.64. The average Bonchev–Trinajstić information content (AvgIpc) is 2.61. The molecular weight excluding hydrogens is 342 g/mol. The quantitative estimate of drug-likeness (QED) is 0.688. The van der Waals surface area contributed by atoms with Gasteiger partial charge in [0.15, 0.2) is 0 Å². The second-order valence-electron chi connectivity index (χ2n) is 5.37. The minimum Gasteiger partial charge on any atom is -0.383 e. The van der Waals surface area contributed by atoms with Gasteiger partial charge >= 0.3 is 0 Å². The lowest BCUT2D eigenvalue weighted by atomic mass is 10.1. The molecule has 8 heteroatoms. The van der Waals surface area contributed by atoms with Gasteiger partial charge in [0.1, 0.15) is 0 Å². The van der Waals surface area contributed by atoms with E-state index in [0.717, 1.165) is 5.69 Å². The molecule has 0 aliphatic heterocycles. The van der Waals surface area contributed by atoms with Crippen LogP contribution in [0.2, 0.25) is 0 Å². The van der Waals surface area contributed by atoms with Crippen molar-refractivity contribution >= 4 is 15.9 Å². The first-order valence-electron chi connectivity index (χ1n) is 7.71. The Bertz CT molecular complexity index is 823. The minimum absolute atomic E-state index is 0.0391. The Kier molecular flexibility index (Phi) is 6.63. The molecule has 0 spiro atoms. The molecule has 0 atom stereocenters. The summed E-state index contributed by atoms with van der Waals surface area (Å²) in [5, 5.41) is 2.75. The molecule has 134 valence electrons. The average molecular weight is 363 g/mol. The van der Waals surface area contributed by atoms with Crippen molar-refractivity contribution < 1.29 is 17.9 Å². The zero-order valence-electron chi connectivity index (χ0n) is 14.2. The lowest BCUT2D eigenvalue weighted by molar-refractivity contribution is 0.0949. The van der Waals surface area contributed by atoms with E-state index >= 15 is 0 Å². The lowest BCUT2D eigenvalue weighted by Crippen LogP contribution is -2.28. The van der Waals surface area contributed by atoms with Crippen molar-refractivity contribution in [2.24, 2.45) is 0 Å². The van der Waals surface area contributed by atoms with E-state index in [1.54, 1.807) is 31.3 Å². The van der Waals surface area contributed by atoms with Crippen molar-refractivity contribution in [1.29, 1.82) is 0 Å². The fraction of sp³-hybridized carbons (Fsp3) is 0.294. The highest BCUT2D eigenvalue weighted by molar-refractivity contribution is 7.89. The summed E-state index contributed by atoms with van der Waals surface area (Å²) in [6.45, 7) is 2.45. The monoisotopic (exact) mass is 363 g/mol. The summed E-state index contributed by atoms with van der Waals surface area (Å²) in [5.41, 5.74) is 1.72. The van der Waals surface area contributed by atoms with Gasteiger partial charge < -0.3 is 10.1 Å². The topological polar surface area (TPSA) is 97.4 Å². The molecule has 2 aromatic rings. The number of nitrogens with one attached hydrogen (secondary N) is 2. The van der Waals surface area contributed by atoms with Crippen LogP contribution in [-0.4, -0.2) is 39.6 Å². The van der Waals surface area contributed by atoms with Gasteiger partial charge in [-0.25, -0.2) is 13.1 Å². The van der Waals surface area contributed by atoms with Crippen LogP contribution >= 0.6 is 0 Å². The van der Waals surface area contributed by atoms with E-state index in [2.05, 4.69) is 15.0 Å². The van der Waals surface area contributed by atoms with Crippen molar-refractivity contribution in [3.8, 4) is 0 Å². The van der Waals surface area contributed by atoms with E-state index < -0.39 is 10.0 Å². The van der Waals surface area contributed by atoms with Crippen molar-refractivity contribution in [3.05, 3.63) is 59.4 Å². The van der Waals surface area contributed by atoms with Gasteiger partial charge in [0.2, 0.25) is 10.0 Å². The summed E-state index contributed by atoms with van der Waals surface area (Å²) in [4.78, 5) is 16.6. The second-order valence-corrected chi connectivity index (χ2v) is 7.14. The van der Waals surface area contributed by atoms with Gasteiger partial charge in [-0.3, -0.25) is 9.78 Å². The standard InChI is InChI=1S/C17H21N3O4S/c1-13-6-7-15(25(22,23)20-9-10-24-2)11-16(13)17(21)19-12-14-5-3-4-8-18-14/h3-8,11,20H,9-10,12H2,1-2H3,(H,19,21). The molecule has 2 N–H and O–H groups in total. The Morgan fingerprint density at radius 2 is 2.04 bits per heavy atom. The van der Waals surface area contributed by atoms with Crippen molar-refractivity contribution in [1.82, 2.24) is 15.0 Å². The highest BCUT2D eigenvalue weighted by atomic mass is 32.2. The number of sulfonamides is 1. The van der Waals surface area contributed by atoms with Crippen molar-refractivity contribution in [3.63, 3.8) is 0 Å². The largest absolute Gasteiger partial charge is 0.383 e. The maximum Gasteiger partial charge on any atom is 0.251 e. The number of aromatic nitrogens is 1. The number of methoxy groups -OCH3 is 1. The summed E-state index contributed by atoms with van der Waals surface area (Å²) >= 11 is 0. The molecule has 25 heavy (non-hydrogen) atoms. The van der Waals surface area contributed by atoms with Gasteiger partial charge in [-0.05, 0) is 36.8 Å². The molecule has 0 bridgehead atoms. The number of hydrogen-bond donors (Lipinski definition) is 2. The molecule has 1 heterocycles. The Labute approximate surface area is 147 Å². The van der Waals surface area contributed by atoms with Crippen LogP contribution in [0.3, 0.4) is 0 Å². The van der Waals surface area contributed by atoms with Gasteiger partial charge in [-0.15, -0.1) is 0 Å². The van der Waals surface area contributed by atoms with Crippen LogP contribution in [0, 0.1) is 6.92 Å². The molecule has 0 saturated heterocycles. The van der Waals surface area contributed by atoms with Gasteiger partial charge in [-0.1, -0.05) is 12.1 Å². The molecule has 2 rings (SSSR count). The Morgan fingerprint density at radius 3 is 2.72 bits per heavy atom. The van der Waals surface area contributed by atoms with Gasteiger partial charge in [0.25, 0.3) is 5.91 Å². The van der Waals surface area contributed by atoms with Crippen molar-refractivity contribution in [2.45, 2.75) is 18.4 Å². The number of aryl methyl sites for hydroxylation is 1. The first kappa shape index (κ1) is 19.0. The molecular formula is C17H21N3O4S.